The fraction of sp³-hybridized carbons (Fsp3) is 0.515. The van der Waals surface area contributed by atoms with Gasteiger partial charge in [-0.15, -0.1) is 0 Å². The molecule has 2 aromatic carbocycles. The van der Waals surface area contributed by atoms with Gasteiger partial charge in [0.05, 0.1) is 42.1 Å². The molecule has 4 N–H and O–H groups in total. The second-order valence-corrected chi connectivity index (χ2v) is 14.3. The van der Waals surface area contributed by atoms with Gasteiger partial charge in [-0.05, 0) is 74.8 Å². The lowest BCUT2D eigenvalue weighted by Gasteiger charge is -2.55. The molecule has 46 heavy (non-hydrogen) atoms. The van der Waals surface area contributed by atoms with Gasteiger partial charge < -0.3 is 24.7 Å². The Labute approximate surface area is 267 Å². The van der Waals surface area contributed by atoms with E-state index in [4.69, 9.17) is 14.6 Å². The van der Waals surface area contributed by atoms with Gasteiger partial charge in [0, 0.05) is 54.3 Å². The molecule has 3 aliphatic rings. The minimum absolute atomic E-state index is 0.0815. The third kappa shape index (κ3) is 7.25. The number of halogens is 3. The van der Waals surface area contributed by atoms with Gasteiger partial charge in [0.1, 0.15) is 12.3 Å². The summed E-state index contributed by atoms with van der Waals surface area (Å²) in [6.45, 7) is 2.94. The number of ether oxygens (including phenoxy) is 2. The predicted molar refractivity (Wildman–Crippen MR) is 171 cm³/mol. The molecule has 1 saturated carbocycles. The lowest BCUT2D eigenvalue weighted by Crippen LogP contribution is -2.63. The highest BCUT2D eigenvalue weighted by Crippen LogP contribution is 2.42. The summed E-state index contributed by atoms with van der Waals surface area (Å²) in [4.78, 5) is 2.51. The second-order valence-electron chi connectivity index (χ2n) is 12.7. The predicted octanol–water partition coefficient (Wildman–Crippen LogP) is 5.16. The van der Waals surface area contributed by atoms with E-state index in [9.17, 15) is 21.6 Å². The number of sulfonamides is 1. The summed E-state index contributed by atoms with van der Waals surface area (Å²) in [7, 11) is -2.52. The van der Waals surface area contributed by atoms with E-state index in [-0.39, 0.29) is 28.9 Å². The standard InChI is InChI=1S/C33H40F3N5O4S/c1-44-31-18-26(46(37,42)43)12-13-29(31)38-15-3-5-25-17-27-28(6-2-7-30(27)41(25)21-33(34,35)36)39-23-8-10-24(11-9-23)40-19-32(20-40)14-4-16-45-22-32/h2,6-7,12-13,17-18,23-24,38-39H,4,8-11,14-16,19-22H2,1H3,(H2,37,42,43)/t23-,24+. The van der Waals surface area contributed by atoms with E-state index in [2.05, 4.69) is 27.4 Å². The minimum atomic E-state index is -4.43. The van der Waals surface area contributed by atoms with Crippen LogP contribution < -0.4 is 20.5 Å². The number of nitrogens with one attached hydrogen (secondary N) is 2. The number of benzene rings is 2. The van der Waals surface area contributed by atoms with Crippen LogP contribution >= 0.6 is 0 Å². The molecule has 0 bridgehead atoms. The Balaban J connectivity index is 1.14. The first kappa shape index (κ1) is 32.5. The number of alkyl halides is 3. The number of aromatic nitrogens is 1. The van der Waals surface area contributed by atoms with Crippen LogP contribution in [0.15, 0.2) is 47.4 Å². The number of methoxy groups -OCH3 is 1. The summed E-state index contributed by atoms with van der Waals surface area (Å²) >= 11 is 0. The molecule has 1 spiro atoms. The molecule has 0 radical (unpaired) electrons. The van der Waals surface area contributed by atoms with Crippen molar-refractivity contribution in [2.75, 3.05) is 50.6 Å². The topological polar surface area (TPSA) is 111 Å². The van der Waals surface area contributed by atoms with E-state index in [0.29, 0.717) is 28.0 Å². The zero-order valence-corrected chi connectivity index (χ0v) is 26.6. The van der Waals surface area contributed by atoms with Crippen molar-refractivity contribution in [1.82, 2.24) is 9.47 Å². The molecule has 3 aromatic rings. The van der Waals surface area contributed by atoms with E-state index >= 15 is 0 Å². The third-order valence-corrected chi connectivity index (χ3v) is 10.3. The first-order valence-corrected chi connectivity index (χ1v) is 17.2. The lowest BCUT2D eigenvalue weighted by molar-refractivity contribution is -0.140. The van der Waals surface area contributed by atoms with Crippen molar-refractivity contribution in [2.24, 2.45) is 10.6 Å². The number of fused-ring (bicyclic) bond motifs is 1. The molecule has 3 fully saturated rings. The van der Waals surface area contributed by atoms with Crippen molar-refractivity contribution in [1.29, 1.82) is 0 Å². The Morgan fingerprint density at radius 2 is 1.89 bits per heavy atom. The van der Waals surface area contributed by atoms with E-state index in [1.807, 2.05) is 6.07 Å². The molecule has 3 heterocycles. The van der Waals surface area contributed by atoms with Crippen molar-refractivity contribution in [3.63, 3.8) is 0 Å². The van der Waals surface area contributed by atoms with Gasteiger partial charge in [0.25, 0.3) is 0 Å². The normalized spacial score (nSPS) is 21.8. The molecule has 248 valence electrons. The number of hydrogen-bond donors (Lipinski definition) is 3. The molecular formula is C33H40F3N5O4S. The third-order valence-electron chi connectivity index (χ3n) is 9.42. The van der Waals surface area contributed by atoms with Crippen LogP contribution in [0.5, 0.6) is 5.75 Å². The zero-order chi connectivity index (χ0) is 32.5. The van der Waals surface area contributed by atoms with Crippen LogP contribution in [-0.4, -0.2) is 76.1 Å². The van der Waals surface area contributed by atoms with Crippen molar-refractivity contribution >= 4 is 32.3 Å². The van der Waals surface area contributed by atoms with Gasteiger partial charge in [-0.25, -0.2) is 13.6 Å². The average molecular weight is 660 g/mol. The molecule has 2 aliphatic heterocycles. The molecule has 0 unspecified atom stereocenters. The molecule has 1 aliphatic carbocycles. The smallest absolute Gasteiger partial charge is 0.406 e. The first-order valence-electron chi connectivity index (χ1n) is 15.6. The van der Waals surface area contributed by atoms with Crippen molar-refractivity contribution < 1.29 is 31.1 Å². The number of likely N-dealkylation sites (tertiary alicyclic amines) is 1. The fourth-order valence-corrected chi connectivity index (χ4v) is 7.70. The van der Waals surface area contributed by atoms with E-state index < -0.39 is 22.7 Å². The van der Waals surface area contributed by atoms with Crippen molar-refractivity contribution in [3.8, 4) is 17.6 Å². The fourth-order valence-electron chi connectivity index (χ4n) is 7.17. The summed E-state index contributed by atoms with van der Waals surface area (Å²) < 4.78 is 76.6. The number of nitrogens with two attached hydrogens (primary N) is 1. The van der Waals surface area contributed by atoms with Crippen LogP contribution in [0.1, 0.15) is 44.2 Å². The quantitative estimate of drug-likeness (QED) is 0.287. The Kier molecular flexibility index (Phi) is 9.17. The Bertz CT molecular complexity index is 1730. The molecule has 6 rings (SSSR count). The summed E-state index contributed by atoms with van der Waals surface area (Å²) in [5.41, 5.74) is 2.36. The maximum absolute atomic E-state index is 13.7. The van der Waals surface area contributed by atoms with Crippen LogP contribution in [-0.2, 0) is 21.3 Å². The maximum Gasteiger partial charge on any atom is 0.406 e. The van der Waals surface area contributed by atoms with Crippen LogP contribution in [0.25, 0.3) is 10.9 Å². The van der Waals surface area contributed by atoms with Crippen LogP contribution in [0.2, 0.25) is 0 Å². The molecule has 0 amide bonds. The highest BCUT2D eigenvalue weighted by atomic mass is 32.2. The molecule has 13 heteroatoms. The maximum atomic E-state index is 13.7. The van der Waals surface area contributed by atoms with Gasteiger partial charge in [-0.3, -0.25) is 4.90 Å². The summed E-state index contributed by atoms with van der Waals surface area (Å²) in [6.07, 6.45) is 2.18. The zero-order valence-electron chi connectivity index (χ0n) is 25.8. The van der Waals surface area contributed by atoms with Crippen LogP contribution in [0.4, 0.5) is 24.5 Å². The molecule has 1 aromatic heterocycles. The van der Waals surface area contributed by atoms with Gasteiger partial charge >= 0.3 is 6.18 Å². The van der Waals surface area contributed by atoms with Crippen LogP contribution in [0, 0.1) is 17.3 Å². The minimum Gasteiger partial charge on any atom is -0.495 e. The van der Waals surface area contributed by atoms with Crippen LogP contribution in [0.3, 0.4) is 0 Å². The molecule has 2 saturated heterocycles. The van der Waals surface area contributed by atoms with E-state index in [1.54, 1.807) is 18.2 Å². The van der Waals surface area contributed by atoms with Gasteiger partial charge in [-0.1, -0.05) is 12.0 Å². The number of primary sulfonamides is 1. The van der Waals surface area contributed by atoms with Crippen molar-refractivity contribution in [3.05, 3.63) is 48.2 Å². The van der Waals surface area contributed by atoms with Crippen molar-refractivity contribution in [2.45, 2.75) is 68.2 Å². The first-order chi connectivity index (χ1) is 21.9. The van der Waals surface area contributed by atoms with Gasteiger partial charge in [0.2, 0.25) is 10.0 Å². The summed E-state index contributed by atoms with van der Waals surface area (Å²) in [5, 5.41) is 12.6. The molecule has 9 nitrogen and oxygen atoms in total. The SMILES string of the molecule is COc1cc(S(N)(=O)=O)ccc1NCC#Cc1cc2c(N[C@H]3CC[C@@H](N4CC5(CCCOC5)C4)CC3)cccc2n1CC(F)(F)F. The lowest BCUT2D eigenvalue weighted by atomic mass is 9.73. The van der Waals surface area contributed by atoms with E-state index in [1.165, 1.54) is 36.3 Å². The number of nitrogens with zero attached hydrogens (tertiary/aromatic N) is 2. The number of rotatable bonds is 8. The monoisotopic (exact) mass is 659 g/mol. The van der Waals surface area contributed by atoms with E-state index in [0.717, 1.165) is 64.1 Å². The number of anilines is 2. The number of hydrogen-bond acceptors (Lipinski definition) is 7. The Hall–Kier alpha value is -3.44. The largest absolute Gasteiger partial charge is 0.495 e. The Morgan fingerprint density at radius 1 is 1.11 bits per heavy atom. The highest BCUT2D eigenvalue weighted by Gasteiger charge is 2.46. The second kappa shape index (κ2) is 13.0. The summed E-state index contributed by atoms with van der Waals surface area (Å²) in [6, 6.07) is 12.1. The van der Waals surface area contributed by atoms with Gasteiger partial charge in [0.15, 0.2) is 0 Å². The summed E-state index contributed by atoms with van der Waals surface area (Å²) in [5.74, 6) is 6.06. The van der Waals surface area contributed by atoms with Gasteiger partial charge in [-0.2, -0.15) is 13.2 Å². The Morgan fingerprint density at radius 3 is 2.57 bits per heavy atom. The highest BCUT2D eigenvalue weighted by molar-refractivity contribution is 7.89. The average Bonchev–Trinajstić information content (AvgIpc) is 3.35. The molecular weight excluding hydrogens is 619 g/mol. The molecule has 0 atom stereocenters.